The monoisotopic (exact) mass is 348 g/mol. The van der Waals surface area contributed by atoms with Gasteiger partial charge >= 0.3 is 0 Å². The summed E-state index contributed by atoms with van der Waals surface area (Å²) in [6.07, 6.45) is 0.772. The molecule has 0 aliphatic heterocycles. The van der Waals surface area contributed by atoms with E-state index in [1.807, 2.05) is 6.92 Å². The van der Waals surface area contributed by atoms with E-state index in [0.717, 1.165) is 6.42 Å². The van der Waals surface area contributed by atoms with Crippen LogP contribution in [0.5, 0.6) is 5.75 Å². The highest BCUT2D eigenvalue weighted by Crippen LogP contribution is 2.27. The second-order valence-corrected chi connectivity index (χ2v) is 6.78. The molecule has 0 bridgehead atoms. The molecule has 1 atom stereocenters. The molecule has 0 radical (unpaired) electrons. The van der Waals surface area contributed by atoms with Crippen molar-refractivity contribution in [3.8, 4) is 5.75 Å². The van der Waals surface area contributed by atoms with Crippen LogP contribution < -0.4 is 14.8 Å². The fourth-order valence-electron chi connectivity index (χ4n) is 1.72. The number of ether oxygens (including phenoxy) is 1. The molecule has 0 aliphatic carbocycles. The molecule has 8 heteroatoms. The smallest absolute Gasteiger partial charge is 0.245 e. The van der Waals surface area contributed by atoms with E-state index in [0.29, 0.717) is 13.2 Å². The SMILES string of the molecule is CCCNC(=O)C(C)NS(=O)(=O)c1cc(Cl)ccc1OCC. The molecule has 0 saturated carbocycles. The minimum Gasteiger partial charge on any atom is -0.492 e. The fraction of sp³-hybridized carbons (Fsp3) is 0.500. The van der Waals surface area contributed by atoms with E-state index in [1.54, 1.807) is 13.0 Å². The lowest BCUT2D eigenvalue weighted by Crippen LogP contribution is -2.44. The molecule has 0 aromatic heterocycles. The lowest BCUT2D eigenvalue weighted by atomic mass is 10.3. The summed E-state index contributed by atoms with van der Waals surface area (Å²) >= 11 is 5.86. The molecule has 0 aliphatic rings. The fourth-order valence-corrected chi connectivity index (χ4v) is 3.33. The van der Waals surface area contributed by atoms with Gasteiger partial charge in [0, 0.05) is 11.6 Å². The first-order valence-electron chi connectivity index (χ1n) is 7.04. The summed E-state index contributed by atoms with van der Waals surface area (Å²) in [5.74, 6) is -0.189. The molecular formula is C14H21ClN2O4S. The predicted molar refractivity (Wildman–Crippen MR) is 85.7 cm³/mol. The number of carbonyl (C=O) groups is 1. The summed E-state index contributed by atoms with van der Waals surface area (Å²) in [5.41, 5.74) is 0. The number of hydrogen-bond donors (Lipinski definition) is 2. The third-order valence-electron chi connectivity index (χ3n) is 2.77. The van der Waals surface area contributed by atoms with Gasteiger partial charge in [-0.3, -0.25) is 4.79 Å². The van der Waals surface area contributed by atoms with Gasteiger partial charge in [-0.2, -0.15) is 4.72 Å². The highest BCUT2D eigenvalue weighted by Gasteiger charge is 2.25. The molecule has 1 aromatic rings. The molecule has 1 amide bonds. The van der Waals surface area contributed by atoms with Gasteiger partial charge in [0.2, 0.25) is 15.9 Å². The van der Waals surface area contributed by atoms with Crippen LogP contribution in [0.15, 0.2) is 23.1 Å². The molecule has 0 spiro atoms. The molecule has 1 rings (SSSR count). The van der Waals surface area contributed by atoms with E-state index in [2.05, 4.69) is 10.0 Å². The van der Waals surface area contributed by atoms with Crippen LogP contribution >= 0.6 is 11.6 Å². The summed E-state index contributed by atoms with van der Waals surface area (Å²) < 4.78 is 32.5. The Kier molecular flexibility index (Phi) is 7.12. The van der Waals surface area contributed by atoms with E-state index in [-0.39, 0.29) is 21.6 Å². The number of benzene rings is 1. The van der Waals surface area contributed by atoms with Crippen LogP contribution in [-0.4, -0.2) is 33.5 Å². The normalized spacial score (nSPS) is 12.7. The molecule has 0 heterocycles. The van der Waals surface area contributed by atoms with Gasteiger partial charge in [-0.1, -0.05) is 18.5 Å². The van der Waals surface area contributed by atoms with Crippen molar-refractivity contribution < 1.29 is 17.9 Å². The van der Waals surface area contributed by atoms with Crippen molar-refractivity contribution in [3.05, 3.63) is 23.2 Å². The van der Waals surface area contributed by atoms with Crippen molar-refractivity contribution in [3.63, 3.8) is 0 Å². The van der Waals surface area contributed by atoms with Crippen molar-refractivity contribution in [2.45, 2.75) is 38.1 Å². The van der Waals surface area contributed by atoms with Crippen LogP contribution in [0, 0.1) is 0 Å². The number of amides is 1. The first kappa shape index (κ1) is 18.7. The average Bonchev–Trinajstić information content (AvgIpc) is 2.46. The number of halogens is 1. The number of sulfonamides is 1. The van der Waals surface area contributed by atoms with Crippen molar-refractivity contribution in [2.75, 3.05) is 13.2 Å². The largest absolute Gasteiger partial charge is 0.492 e. The standard InChI is InChI=1S/C14H21ClN2O4S/c1-4-8-16-14(18)10(3)17-22(19,20)13-9-11(15)6-7-12(13)21-5-2/h6-7,9-10,17H,4-5,8H2,1-3H3,(H,16,18). The number of nitrogens with one attached hydrogen (secondary N) is 2. The molecule has 1 unspecified atom stereocenters. The zero-order chi connectivity index (χ0) is 16.8. The van der Waals surface area contributed by atoms with Gasteiger partial charge in [0.15, 0.2) is 0 Å². The molecular weight excluding hydrogens is 328 g/mol. The molecule has 0 saturated heterocycles. The van der Waals surface area contributed by atoms with Gasteiger partial charge in [0.25, 0.3) is 0 Å². The lowest BCUT2D eigenvalue weighted by molar-refractivity contribution is -0.122. The Labute approximate surface area is 136 Å². The summed E-state index contributed by atoms with van der Waals surface area (Å²) in [4.78, 5) is 11.7. The third kappa shape index (κ3) is 5.15. The van der Waals surface area contributed by atoms with Crippen LogP contribution in [-0.2, 0) is 14.8 Å². The van der Waals surface area contributed by atoms with Gasteiger partial charge in [-0.25, -0.2) is 8.42 Å². The van der Waals surface area contributed by atoms with E-state index >= 15 is 0 Å². The second-order valence-electron chi connectivity index (χ2n) is 4.66. The maximum atomic E-state index is 12.4. The molecule has 22 heavy (non-hydrogen) atoms. The summed E-state index contributed by atoms with van der Waals surface area (Å²) in [6.45, 7) is 5.95. The third-order valence-corrected chi connectivity index (χ3v) is 4.57. The van der Waals surface area contributed by atoms with Crippen LogP contribution in [0.1, 0.15) is 27.2 Å². The number of carbonyl (C=O) groups excluding carboxylic acids is 1. The first-order valence-corrected chi connectivity index (χ1v) is 8.90. The Balaban J connectivity index is 2.99. The predicted octanol–water partition coefficient (Wildman–Crippen LogP) is 1.93. The van der Waals surface area contributed by atoms with E-state index in [9.17, 15) is 13.2 Å². The molecule has 0 fully saturated rings. The Morgan fingerprint density at radius 3 is 2.64 bits per heavy atom. The molecule has 1 aromatic carbocycles. The average molecular weight is 349 g/mol. The Bertz CT molecular complexity index is 619. The molecule has 124 valence electrons. The van der Waals surface area contributed by atoms with E-state index < -0.39 is 16.1 Å². The number of hydrogen-bond acceptors (Lipinski definition) is 4. The maximum Gasteiger partial charge on any atom is 0.245 e. The van der Waals surface area contributed by atoms with Gasteiger partial charge < -0.3 is 10.1 Å². The van der Waals surface area contributed by atoms with Gasteiger partial charge in [0.05, 0.1) is 12.6 Å². The molecule has 6 nitrogen and oxygen atoms in total. The van der Waals surface area contributed by atoms with Crippen LogP contribution in [0.3, 0.4) is 0 Å². The Hall–Kier alpha value is -1.31. The van der Waals surface area contributed by atoms with Crippen molar-refractivity contribution in [2.24, 2.45) is 0 Å². The van der Waals surface area contributed by atoms with Gasteiger partial charge in [0.1, 0.15) is 10.6 Å². The second kappa shape index (κ2) is 8.36. The van der Waals surface area contributed by atoms with E-state index in [4.69, 9.17) is 16.3 Å². The highest BCUT2D eigenvalue weighted by molar-refractivity contribution is 7.89. The van der Waals surface area contributed by atoms with Gasteiger partial charge in [-0.15, -0.1) is 0 Å². The maximum absolute atomic E-state index is 12.4. The van der Waals surface area contributed by atoms with Gasteiger partial charge in [-0.05, 0) is 38.5 Å². The first-order chi connectivity index (χ1) is 10.3. The zero-order valence-electron chi connectivity index (χ0n) is 12.8. The van der Waals surface area contributed by atoms with E-state index in [1.165, 1.54) is 19.1 Å². The summed E-state index contributed by atoms with van der Waals surface area (Å²) in [7, 11) is -3.93. The Morgan fingerprint density at radius 1 is 1.36 bits per heavy atom. The van der Waals surface area contributed by atoms with Crippen LogP contribution in [0.25, 0.3) is 0 Å². The van der Waals surface area contributed by atoms with Crippen molar-refractivity contribution in [1.29, 1.82) is 0 Å². The molecule has 2 N–H and O–H groups in total. The Morgan fingerprint density at radius 2 is 2.05 bits per heavy atom. The topological polar surface area (TPSA) is 84.5 Å². The summed E-state index contributed by atoms with van der Waals surface area (Å²) in [5, 5.41) is 2.90. The minimum atomic E-state index is -3.93. The van der Waals surface area contributed by atoms with Crippen LogP contribution in [0.2, 0.25) is 5.02 Å². The van der Waals surface area contributed by atoms with Crippen molar-refractivity contribution >= 4 is 27.5 Å². The lowest BCUT2D eigenvalue weighted by Gasteiger charge is -2.16. The van der Waals surface area contributed by atoms with Crippen LogP contribution in [0.4, 0.5) is 0 Å². The quantitative estimate of drug-likeness (QED) is 0.751. The zero-order valence-corrected chi connectivity index (χ0v) is 14.4. The summed E-state index contributed by atoms with van der Waals surface area (Å²) in [6, 6.07) is 3.43. The minimum absolute atomic E-state index is 0.0861. The van der Waals surface area contributed by atoms with Crippen molar-refractivity contribution in [1.82, 2.24) is 10.0 Å². The highest BCUT2D eigenvalue weighted by atomic mass is 35.5. The number of rotatable bonds is 8.